The van der Waals surface area contributed by atoms with Crippen molar-refractivity contribution in [2.75, 3.05) is 32.4 Å². The van der Waals surface area contributed by atoms with E-state index in [0.29, 0.717) is 0 Å². The first-order valence-corrected chi connectivity index (χ1v) is 7.70. The van der Waals surface area contributed by atoms with Crippen molar-refractivity contribution in [1.82, 2.24) is 0 Å². The summed E-state index contributed by atoms with van der Waals surface area (Å²) in [6.45, 7) is 1.36. The highest BCUT2D eigenvalue weighted by Crippen LogP contribution is 2.48. The highest BCUT2D eigenvalue weighted by atomic mass is 32.3. The molecule has 0 rings (SSSR count). The van der Waals surface area contributed by atoms with E-state index in [1.807, 2.05) is 0 Å². The lowest BCUT2D eigenvalue weighted by atomic mass is 10.5. The van der Waals surface area contributed by atoms with Crippen LogP contribution in [0.4, 0.5) is 7.77 Å². The van der Waals surface area contributed by atoms with E-state index in [1.54, 1.807) is 0 Å². The van der Waals surface area contributed by atoms with E-state index in [9.17, 15) is 12.3 Å². The van der Waals surface area contributed by atoms with Crippen molar-refractivity contribution in [3.63, 3.8) is 0 Å². The molecule has 3 nitrogen and oxygen atoms in total. The summed E-state index contributed by atoms with van der Waals surface area (Å²) >= 11 is 0. The molecule has 0 aromatic rings. The summed E-state index contributed by atoms with van der Waals surface area (Å²) in [6, 6.07) is 0. The second kappa shape index (κ2) is 5.29. The van der Waals surface area contributed by atoms with Crippen LogP contribution in [0.15, 0.2) is 0 Å². The van der Waals surface area contributed by atoms with E-state index in [0.717, 1.165) is 6.26 Å². The molecule has 0 fully saturated rings. The Kier molecular flexibility index (Phi) is 5.44. The van der Waals surface area contributed by atoms with Gasteiger partial charge < -0.3 is 9.05 Å². The van der Waals surface area contributed by atoms with Crippen LogP contribution in [0.25, 0.3) is 0 Å². The minimum absolute atomic E-state index is 0.0536. The maximum Gasteiger partial charge on any atom is 0.327 e. The summed E-state index contributed by atoms with van der Waals surface area (Å²) in [6.07, 6.45) is 1.13. The second-order valence-corrected chi connectivity index (χ2v) is 7.04. The van der Waals surface area contributed by atoms with Gasteiger partial charge in [0.1, 0.15) is 0 Å². The highest BCUT2D eigenvalue weighted by Gasteiger charge is 2.17. The zero-order valence-corrected chi connectivity index (χ0v) is 9.67. The summed E-state index contributed by atoms with van der Waals surface area (Å²) in [5, 5.41) is 0. The van der Waals surface area contributed by atoms with Crippen LogP contribution in [-0.2, 0) is 13.6 Å². The Morgan fingerprint density at radius 1 is 1.46 bits per heavy atom. The van der Waals surface area contributed by atoms with Gasteiger partial charge in [-0.3, -0.25) is 4.57 Å². The van der Waals surface area contributed by atoms with Crippen molar-refractivity contribution >= 4 is 18.4 Å². The predicted molar refractivity (Wildman–Crippen MR) is 51.7 cm³/mol. The Labute approximate surface area is 79.2 Å². The van der Waals surface area contributed by atoms with Gasteiger partial charge in [0.2, 0.25) is 0 Å². The lowest BCUT2D eigenvalue weighted by Crippen LogP contribution is -1.98. The van der Waals surface area contributed by atoms with Crippen molar-refractivity contribution in [2.45, 2.75) is 6.42 Å². The lowest BCUT2D eigenvalue weighted by molar-refractivity contribution is 0.239. The predicted octanol–water partition coefficient (Wildman–Crippen LogP) is 3.07. The number of hydrogen-bond donors (Lipinski definition) is 0. The van der Waals surface area contributed by atoms with E-state index in [1.165, 1.54) is 13.8 Å². The van der Waals surface area contributed by atoms with Gasteiger partial charge in [-0.05, 0) is 6.42 Å². The molecule has 1 unspecified atom stereocenters. The molecule has 0 amide bonds. The topological polar surface area (TPSA) is 35.5 Å². The largest absolute Gasteiger partial charge is 0.327 e. The van der Waals surface area contributed by atoms with Crippen LogP contribution < -0.4 is 0 Å². The van der Waals surface area contributed by atoms with Gasteiger partial charge in [0.25, 0.3) is 0 Å². The molecule has 0 N–H and O–H groups in total. The minimum atomic E-state index is -3.46. The summed E-state index contributed by atoms with van der Waals surface area (Å²) in [4.78, 5) is 0. The molecule has 0 bridgehead atoms. The molecule has 0 aliphatic rings. The normalized spacial score (nSPS) is 18.2. The fourth-order valence-corrected chi connectivity index (χ4v) is 1.79. The third-order valence-electron chi connectivity index (χ3n) is 1.30. The van der Waals surface area contributed by atoms with Crippen molar-refractivity contribution < 1.29 is 21.4 Å². The summed E-state index contributed by atoms with van der Waals surface area (Å²) in [5.41, 5.74) is 0. The molecule has 0 aromatic heterocycles. The number of rotatable bonds is 6. The standard InChI is InChI=1S/C6H15F2O3PS/c1-10-12(2,9)11-5-4-6-13(3,7)8/h4-6H2,1-3H3. The molecule has 0 saturated carbocycles. The molecule has 82 valence electrons. The second-order valence-electron chi connectivity index (χ2n) is 2.72. The van der Waals surface area contributed by atoms with E-state index in [-0.39, 0.29) is 18.8 Å². The smallest absolute Gasteiger partial charge is 0.312 e. The van der Waals surface area contributed by atoms with Crippen LogP contribution in [0, 0.1) is 0 Å². The Morgan fingerprint density at radius 3 is 2.38 bits per heavy atom. The van der Waals surface area contributed by atoms with Crippen molar-refractivity contribution in [2.24, 2.45) is 0 Å². The third kappa shape index (κ3) is 8.68. The van der Waals surface area contributed by atoms with E-state index >= 15 is 0 Å². The van der Waals surface area contributed by atoms with Gasteiger partial charge in [-0.1, -0.05) is 0 Å². The average Bonchev–Trinajstić information content (AvgIpc) is 1.97. The highest BCUT2D eigenvalue weighted by molar-refractivity contribution is 8.24. The summed E-state index contributed by atoms with van der Waals surface area (Å²) in [5.74, 6) is -0.184. The molecule has 7 heteroatoms. The molecule has 13 heavy (non-hydrogen) atoms. The van der Waals surface area contributed by atoms with Gasteiger partial charge in [0.15, 0.2) is 0 Å². The zero-order valence-electron chi connectivity index (χ0n) is 7.96. The van der Waals surface area contributed by atoms with Gasteiger partial charge in [0.05, 0.1) is 17.4 Å². The molecule has 1 atom stereocenters. The van der Waals surface area contributed by atoms with Crippen molar-refractivity contribution in [3.05, 3.63) is 0 Å². The van der Waals surface area contributed by atoms with Gasteiger partial charge in [0, 0.05) is 25.8 Å². The van der Waals surface area contributed by atoms with E-state index in [2.05, 4.69) is 4.52 Å². The summed E-state index contributed by atoms with van der Waals surface area (Å²) < 4.78 is 45.1. The molecule has 0 aromatic carbocycles. The fraction of sp³-hybridized carbons (Fsp3) is 1.00. The van der Waals surface area contributed by atoms with Gasteiger partial charge >= 0.3 is 7.60 Å². The number of hydrogen-bond acceptors (Lipinski definition) is 3. The first-order valence-electron chi connectivity index (χ1n) is 3.70. The van der Waals surface area contributed by atoms with Gasteiger partial charge in [-0.25, -0.2) is 0 Å². The molecular formula is C6H15F2O3PS. The monoisotopic (exact) mass is 236 g/mol. The average molecular weight is 236 g/mol. The molecule has 0 radical (unpaired) electrons. The van der Waals surface area contributed by atoms with Crippen LogP contribution in [-0.4, -0.2) is 32.4 Å². The number of halogens is 2. The third-order valence-corrected chi connectivity index (χ3v) is 3.62. The van der Waals surface area contributed by atoms with E-state index in [4.69, 9.17) is 4.52 Å². The zero-order chi connectivity index (χ0) is 10.5. The summed E-state index contributed by atoms with van der Waals surface area (Å²) in [7, 11) is -5.19. The fourth-order valence-electron chi connectivity index (χ4n) is 0.595. The Hall–Kier alpha value is 0.360. The maximum absolute atomic E-state index is 12.4. The lowest BCUT2D eigenvalue weighted by Gasteiger charge is -2.15. The van der Waals surface area contributed by atoms with Crippen molar-refractivity contribution in [1.29, 1.82) is 0 Å². The molecular weight excluding hydrogens is 221 g/mol. The quantitative estimate of drug-likeness (QED) is 0.525. The van der Waals surface area contributed by atoms with E-state index < -0.39 is 18.4 Å². The molecule has 0 spiro atoms. The SMILES string of the molecule is COP(C)(=O)OCCCS(C)(F)F. The Balaban J connectivity index is 3.53. The van der Waals surface area contributed by atoms with Crippen molar-refractivity contribution in [3.8, 4) is 0 Å². The maximum atomic E-state index is 12.4. The van der Waals surface area contributed by atoms with Crippen LogP contribution >= 0.6 is 18.4 Å². The first-order chi connectivity index (χ1) is 5.77. The minimum Gasteiger partial charge on any atom is -0.312 e. The van der Waals surface area contributed by atoms with Crippen LogP contribution in [0.3, 0.4) is 0 Å². The molecule has 0 aliphatic heterocycles. The van der Waals surface area contributed by atoms with Crippen LogP contribution in [0.1, 0.15) is 6.42 Å². The molecule has 0 saturated heterocycles. The first kappa shape index (κ1) is 13.4. The van der Waals surface area contributed by atoms with Crippen LogP contribution in [0.5, 0.6) is 0 Å². The Morgan fingerprint density at radius 2 is 2.00 bits per heavy atom. The van der Waals surface area contributed by atoms with Gasteiger partial charge in [-0.15, -0.1) is 0 Å². The molecule has 0 heterocycles. The molecule has 0 aliphatic carbocycles. The Bertz CT molecular complexity index is 195. The van der Waals surface area contributed by atoms with Crippen LogP contribution in [0.2, 0.25) is 0 Å². The van der Waals surface area contributed by atoms with Gasteiger partial charge in [-0.2, -0.15) is 7.77 Å².